The van der Waals surface area contributed by atoms with Gasteiger partial charge in [-0.2, -0.15) is 0 Å². The largest absolute Gasteiger partial charge is 0.495 e. The van der Waals surface area contributed by atoms with E-state index in [9.17, 15) is 18.0 Å². The standard InChI is InChI=1S/C19H20N2O5S/c1-13(14-6-4-3-5-7-14)20-27(24,25)17-12-15(8-9-16(17)26-2)21-18(22)10-11-19(21)23/h3-9,12-13,20H,10-11H2,1-2H3. The smallest absolute Gasteiger partial charge is 0.244 e. The lowest BCUT2D eigenvalue weighted by Gasteiger charge is -2.19. The molecule has 1 saturated heterocycles. The predicted molar refractivity (Wildman–Crippen MR) is 99.9 cm³/mol. The summed E-state index contributed by atoms with van der Waals surface area (Å²) in [5.41, 5.74) is 1.03. The summed E-state index contributed by atoms with van der Waals surface area (Å²) in [5.74, 6) is -0.566. The monoisotopic (exact) mass is 388 g/mol. The Balaban J connectivity index is 1.97. The Morgan fingerprint density at radius 1 is 1.04 bits per heavy atom. The number of ether oxygens (including phenoxy) is 1. The van der Waals surface area contributed by atoms with Gasteiger partial charge in [-0.3, -0.25) is 14.5 Å². The highest BCUT2D eigenvalue weighted by Crippen LogP contribution is 2.32. The minimum absolute atomic E-state index is 0.121. The minimum atomic E-state index is -3.96. The molecular formula is C19H20N2O5S. The maximum absolute atomic E-state index is 12.9. The van der Waals surface area contributed by atoms with Gasteiger partial charge in [-0.1, -0.05) is 30.3 Å². The summed E-state index contributed by atoms with van der Waals surface area (Å²) in [7, 11) is -2.60. The van der Waals surface area contributed by atoms with Crippen molar-refractivity contribution in [2.24, 2.45) is 0 Å². The van der Waals surface area contributed by atoms with Gasteiger partial charge in [0.25, 0.3) is 0 Å². The predicted octanol–water partition coefficient (Wildman–Crippen LogP) is 2.39. The van der Waals surface area contributed by atoms with Crippen molar-refractivity contribution in [2.75, 3.05) is 12.0 Å². The van der Waals surface area contributed by atoms with Gasteiger partial charge in [0.2, 0.25) is 21.8 Å². The number of methoxy groups -OCH3 is 1. The molecule has 1 heterocycles. The number of anilines is 1. The van der Waals surface area contributed by atoms with E-state index in [0.29, 0.717) is 0 Å². The molecule has 2 aromatic carbocycles. The highest BCUT2D eigenvalue weighted by Gasteiger charge is 2.32. The second-order valence-electron chi connectivity index (χ2n) is 6.21. The fourth-order valence-corrected chi connectivity index (χ4v) is 4.41. The third kappa shape index (κ3) is 3.86. The topological polar surface area (TPSA) is 92.8 Å². The van der Waals surface area contributed by atoms with Crippen molar-refractivity contribution in [1.29, 1.82) is 0 Å². The molecule has 1 N–H and O–H groups in total. The molecule has 1 fully saturated rings. The van der Waals surface area contributed by atoms with Crippen molar-refractivity contribution in [3.63, 3.8) is 0 Å². The number of carbonyl (C=O) groups excluding carboxylic acids is 2. The lowest BCUT2D eigenvalue weighted by Crippen LogP contribution is -2.30. The highest BCUT2D eigenvalue weighted by molar-refractivity contribution is 7.89. The van der Waals surface area contributed by atoms with Crippen molar-refractivity contribution in [3.05, 3.63) is 54.1 Å². The first-order valence-electron chi connectivity index (χ1n) is 8.44. The van der Waals surface area contributed by atoms with Crippen LogP contribution in [-0.2, 0) is 19.6 Å². The summed E-state index contributed by atoms with van der Waals surface area (Å²) in [4.78, 5) is 24.8. The van der Waals surface area contributed by atoms with E-state index in [4.69, 9.17) is 4.74 Å². The van der Waals surface area contributed by atoms with Crippen LogP contribution in [0.1, 0.15) is 31.4 Å². The SMILES string of the molecule is COc1ccc(N2C(=O)CCC2=O)cc1S(=O)(=O)NC(C)c1ccccc1. The summed E-state index contributed by atoms with van der Waals surface area (Å²) in [5, 5.41) is 0. The van der Waals surface area contributed by atoms with Gasteiger partial charge < -0.3 is 4.74 Å². The first-order valence-corrected chi connectivity index (χ1v) is 9.93. The van der Waals surface area contributed by atoms with E-state index >= 15 is 0 Å². The summed E-state index contributed by atoms with van der Waals surface area (Å²) in [6, 6.07) is 12.9. The average molecular weight is 388 g/mol. The number of nitrogens with zero attached hydrogens (tertiary/aromatic N) is 1. The Hall–Kier alpha value is -2.71. The van der Waals surface area contributed by atoms with Crippen LogP contribution in [0.15, 0.2) is 53.4 Å². The number of carbonyl (C=O) groups is 2. The zero-order valence-corrected chi connectivity index (χ0v) is 15.8. The van der Waals surface area contributed by atoms with Gasteiger partial charge in [0, 0.05) is 18.9 Å². The van der Waals surface area contributed by atoms with Crippen LogP contribution >= 0.6 is 0 Å². The lowest BCUT2D eigenvalue weighted by atomic mass is 10.1. The van der Waals surface area contributed by atoms with Crippen LogP contribution in [0, 0.1) is 0 Å². The number of amides is 2. The van der Waals surface area contributed by atoms with E-state index < -0.39 is 16.1 Å². The Morgan fingerprint density at radius 2 is 1.67 bits per heavy atom. The summed E-state index contributed by atoms with van der Waals surface area (Å²) in [6.45, 7) is 1.73. The van der Waals surface area contributed by atoms with E-state index in [0.717, 1.165) is 10.5 Å². The number of benzene rings is 2. The quantitative estimate of drug-likeness (QED) is 0.767. The highest BCUT2D eigenvalue weighted by atomic mass is 32.2. The molecule has 1 aliphatic heterocycles. The fourth-order valence-electron chi connectivity index (χ4n) is 2.98. The van der Waals surface area contributed by atoms with E-state index in [1.54, 1.807) is 6.92 Å². The third-order valence-electron chi connectivity index (χ3n) is 4.38. The number of hydrogen-bond donors (Lipinski definition) is 1. The van der Waals surface area contributed by atoms with Gasteiger partial charge >= 0.3 is 0 Å². The van der Waals surface area contributed by atoms with Crippen molar-refractivity contribution in [1.82, 2.24) is 4.72 Å². The van der Waals surface area contributed by atoms with Crippen molar-refractivity contribution in [2.45, 2.75) is 30.7 Å². The molecule has 1 atom stereocenters. The second kappa shape index (κ2) is 7.50. The second-order valence-corrected chi connectivity index (χ2v) is 7.89. The molecule has 2 amide bonds. The van der Waals surface area contributed by atoms with Crippen LogP contribution in [0.25, 0.3) is 0 Å². The first kappa shape index (κ1) is 19.1. The van der Waals surface area contributed by atoms with Gasteiger partial charge in [0.1, 0.15) is 10.6 Å². The molecule has 0 radical (unpaired) electrons. The van der Waals surface area contributed by atoms with Crippen LogP contribution in [0.3, 0.4) is 0 Å². The molecule has 0 aliphatic carbocycles. The normalized spacial score (nSPS) is 15.9. The zero-order valence-electron chi connectivity index (χ0n) is 15.0. The van der Waals surface area contributed by atoms with Crippen LogP contribution in [-0.4, -0.2) is 27.3 Å². The Kier molecular flexibility index (Phi) is 5.29. The van der Waals surface area contributed by atoms with Gasteiger partial charge in [0.15, 0.2) is 0 Å². The lowest BCUT2D eigenvalue weighted by molar-refractivity contribution is -0.121. The number of hydrogen-bond acceptors (Lipinski definition) is 5. The molecule has 7 nitrogen and oxygen atoms in total. The van der Waals surface area contributed by atoms with Crippen LogP contribution in [0.5, 0.6) is 5.75 Å². The maximum atomic E-state index is 12.9. The summed E-state index contributed by atoms with van der Waals surface area (Å²) < 4.78 is 33.7. The number of rotatable bonds is 6. The molecule has 0 saturated carbocycles. The summed E-state index contributed by atoms with van der Waals surface area (Å²) >= 11 is 0. The molecule has 8 heteroatoms. The maximum Gasteiger partial charge on any atom is 0.244 e. The zero-order chi connectivity index (χ0) is 19.6. The van der Waals surface area contributed by atoms with Crippen molar-refractivity contribution >= 4 is 27.5 Å². The summed E-state index contributed by atoms with van der Waals surface area (Å²) in [6.07, 6.45) is 0.243. The van der Waals surface area contributed by atoms with Gasteiger partial charge in [-0.05, 0) is 30.7 Å². The Bertz CT molecular complexity index is 957. The first-order chi connectivity index (χ1) is 12.8. The average Bonchev–Trinajstić information content (AvgIpc) is 3.00. The number of sulfonamides is 1. The fraction of sp³-hybridized carbons (Fsp3) is 0.263. The van der Waals surface area contributed by atoms with Crippen LogP contribution in [0.4, 0.5) is 5.69 Å². The van der Waals surface area contributed by atoms with Gasteiger partial charge in [0.05, 0.1) is 12.8 Å². The molecule has 142 valence electrons. The molecule has 1 aliphatic rings. The molecule has 3 rings (SSSR count). The minimum Gasteiger partial charge on any atom is -0.495 e. The Labute approximate surface area is 158 Å². The van der Waals surface area contributed by atoms with E-state index in [1.807, 2.05) is 30.3 Å². The molecule has 0 spiro atoms. The third-order valence-corrected chi connectivity index (χ3v) is 5.94. The number of nitrogens with one attached hydrogen (secondary N) is 1. The van der Waals surface area contributed by atoms with Crippen molar-refractivity contribution < 1.29 is 22.7 Å². The number of imide groups is 1. The molecule has 27 heavy (non-hydrogen) atoms. The van der Waals surface area contributed by atoms with Crippen molar-refractivity contribution in [3.8, 4) is 5.75 Å². The van der Waals surface area contributed by atoms with E-state index in [1.165, 1.54) is 25.3 Å². The molecule has 0 bridgehead atoms. The molecule has 1 unspecified atom stereocenters. The van der Waals surface area contributed by atoms with Gasteiger partial charge in [-0.25, -0.2) is 13.1 Å². The molecule has 0 aromatic heterocycles. The van der Waals surface area contributed by atoms with Gasteiger partial charge in [-0.15, -0.1) is 0 Å². The van der Waals surface area contributed by atoms with Crippen LogP contribution < -0.4 is 14.4 Å². The Morgan fingerprint density at radius 3 is 2.26 bits per heavy atom. The molecular weight excluding hydrogens is 368 g/mol. The van der Waals surface area contributed by atoms with E-state index in [-0.39, 0.29) is 41.0 Å². The van der Waals surface area contributed by atoms with E-state index in [2.05, 4.69) is 4.72 Å². The molecule has 2 aromatic rings. The van der Waals surface area contributed by atoms with Crippen LogP contribution in [0.2, 0.25) is 0 Å².